The maximum atomic E-state index is 12.5. The van der Waals surface area contributed by atoms with E-state index in [2.05, 4.69) is 9.97 Å². The van der Waals surface area contributed by atoms with Gasteiger partial charge in [0.1, 0.15) is 17.1 Å². The number of thioether (sulfide) groups is 1. The van der Waals surface area contributed by atoms with Crippen LogP contribution in [0.15, 0.2) is 33.6 Å². The average molecular weight is 444 g/mol. The molecule has 0 spiro atoms. The summed E-state index contributed by atoms with van der Waals surface area (Å²) in [7, 11) is 0. The highest BCUT2D eigenvalue weighted by atomic mass is 32.2. The molecule has 4 N–H and O–H groups in total. The van der Waals surface area contributed by atoms with E-state index in [1.807, 2.05) is 0 Å². The summed E-state index contributed by atoms with van der Waals surface area (Å²) in [5.41, 5.74) is 11.7. The van der Waals surface area contributed by atoms with E-state index in [0.717, 1.165) is 11.8 Å². The molecule has 11 heteroatoms. The Morgan fingerprint density at radius 2 is 1.87 bits per heavy atom. The molecule has 10 nitrogen and oxygen atoms in total. The molecule has 0 saturated carbocycles. The number of furan rings is 1. The van der Waals surface area contributed by atoms with Gasteiger partial charge in [-0.25, -0.2) is 14.6 Å². The first-order valence-electron chi connectivity index (χ1n) is 9.21. The molecule has 162 valence electrons. The van der Waals surface area contributed by atoms with Crippen molar-refractivity contribution >= 4 is 46.5 Å². The van der Waals surface area contributed by atoms with E-state index < -0.39 is 17.8 Å². The maximum absolute atomic E-state index is 12.5. The van der Waals surface area contributed by atoms with Gasteiger partial charge in [0.25, 0.3) is 0 Å². The zero-order chi connectivity index (χ0) is 22.5. The quantitative estimate of drug-likeness (QED) is 0.389. The number of ether oxygens (including phenoxy) is 2. The number of anilines is 1. The Morgan fingerprint density at radius 3 is 2.58 bits per heavy atom. The molecule has 0 fully saturated rings. The number of fused-ring (bicyclic) bond motifs is 1. The summed E-state index contributed by atoms with van der Waals surface area (Å²) in [6.45, 7) is 3.20. The fraction of sp³-hybridized carbons (Fsp3) is 0.250. The lowest BCUT2D eigenvalue weighted by Gasteiger charge is -2.09. The Balaban J connectivity index is 1.80. The molecular formula is C20H20N4O6S. The molecule has 0 unspecified atom stereocenters. The number of nitrogen functional groups attached to an aromatic ring is 1. The van der Waals surface area contributed by atoms with Gasteiger partial charge in [-0.1, -0.05) is 12.1 Å². The number of nitrogens with two attached hydrogens (primary N) is 2. The molecule has 3 aromatic rings. The number of hydrogen-bond donors (Lipinski definition) is 2. The summed E-state index contributed by atoms with van der Waals surface area (Å²) >= 11 is 1.14. The fourth-order valence-electron chi connectivity index (χ4n) is 2.82. The van der Waals surface area contributed by atoms with Gasteiger partial charge in [-0.15, -0.1) is 11.8 Å². The zero-order valence-electron chi connectivity index (χ0n) is 16.8. The minimum atomic E-state index is -0.627. The van der Waals surface area contributed by atoms with Crippen LogP contribution in [0.5, 0.6) is 0 Å². The number of aryl methyl sites for hydroxylation is 1. The molecule has 1 amide bonds. The second kappa shape index (κ2) is 9.47. The third-order valence-corrected chi connectivity index (χ3v) is 5.19. The first kappa shape index (κ1) is 22.1. The predicted molar refractivity (Wildman–Crippen MR) is 112 cm³/mol. The number of hydrogen-bond acceptors (Lipinski definition) is 10. The molecule has 2 heterocycles. The van der Waals surface area contributed by atoms with Gasteiger partial charge in [-0.05, 0) is 26.0 Å². The van der Waals surface area contributed by atoms with Crippen LogP contribution in [-0.2, 0) is 20.9 Å². The van der Waals surface area contributed by atoms with E-state index in [0.29, 0.717) is 10.7 Å². The van der Waals surface area contributed by atoms with E-state index in [1.54, 1.807) is 38.1 Å². The van der Waals surface area contributed by atoms with Crippen LogP contribution in [0.2, 0.25) is 0 Å². The van der Waals surface area contributed by atoms with Gasteiger partial charge >= 0.3 is 11.9 Å². The summed E-state index contributed by atoms with van der Waals surface area (Å²) in [4.78, 5) is 44.6. The van der Waals surface area contributed by atoms with Crippen LogP contribution in [0.25, 0.3) is 11.1 Å². The van der Waals surface area contributed by atoms with E-state index in [-0.39, 0.29) is 52.8 Å². The Labute approximate surface area is 181 Å². The smallest absolute Gasteiger partial charge is 0.342 e. The van der Waals surface area contributed by atoms with E-state index >= 15 is 0 Å². The summed E-state index contributed by atoms with van der Waals surface area (Å²) in [6.07, 6.45) is 0. The van der Waals surface area contributed by atoms with E-state index in [1.165, 1.54) is 0 Å². The summed E-state index contributed by atoms with van der Waals surface area (Å²) in [5, 5.41) is 0.249. The normalized spacial score (nSPS) is 10.8. The molecule has 0 aliphatic heterocycles. The van der Waals surface area contributed by atoms with Crippen molar-refractivity contribution in [3.63, 3.8) is 0 Å². The van der Waals surface area contributed by atoms with Gasteiger partial charge in [-0.3, -0.25) is 4.79 Å². The van der Waals surface area contributed by atoms with Crippen LogP contribution in [0.1, 0.15) is 39.2 Å². The number of carbonyl (C=O) groups excluding carboxylic acids is 3. The second-order valence-corrected chi connectivity index (χ2v) is 7.30. The Bertz CT molecular complexity index is 1160. The number of nitrogens with zero attached hydrogens (tertiary/aromatic N) is 2. The summed E-state index contributed by atoms with van der Waals surface area (Å²) < 4.78 is 15.9. The number of rotatable bonds is 8. The van der Waals surface area contributed by atoms with Gasteiger partial charge in [-0.2, -0.15) is 4.98 Å². The van der Waals surface area contributed by atoms with Gasteiger partial charge in [0.2, 0.25) is 11.6 Å². The van der Waals surface area contributed by atoms with Crippen LogP contribution in [0.3, 0.4) is 0 Å². The molecule has 1 aromatic carbocycles. The minimum absolute atomic E-state index is 0.00775. The van der Waals surface area contributed by atoms with Crippen molar-refractivity contribution in [2.45, 2.75) is 25.3 Å². The summed E-state index contributed by atoms with van der Waals surface area (Å²) in [6, 6.07) is 6.67. The lowest BCUT2D eigenvalue weighted by atomic mass is 10.2. The van der Waals surface area contributed by atoms with Crippen molar-refractivity contribution in [1.82, 2.24) is 9.97 Å². The van der Waals surface area contributed by atoms with Crippen molar-refractivity contribution in [2.75, 3.05) is 18.1 Å². The van der Waals surface area contributed by atoms with Crippen LogP contribution in [0, 0.1) is 6.92 Å². The predicted octanol–water partition coefficient (Wildman–Crippen LogP) is 2.22. The average Bonchev–Trinajstić information content (AvgIpc) is 3.07. The lowest BCUT2D eigenvalue weighted by Crippen LogP contribution is -2.14. The molecule has 3 rings (SSSR count). The van der Waals surface area contributed by atoms with Crippen molar-refractivity contribution in [3.8, 4) is 0 Å². The van der Waals surface area contributed by atoms with Gasteiger partial charge in [0.05, 0.1) is 23.3 Å². The highest BCUT2D eigenvalue weighted by molar-refractivity contribution is 8.00. The number of amides is 1. The molecule has 2 aromatic heterocycles. The number of aromatic nitrogens is 2. The number of benzene rings is 1. The topological polar surface area (TPSA) is 161 Å². The molecule has 0 saturated heterocycles. The standard InChI is InChI=1S/C20H20N4O6S/c1-3-28-20(27)15-10(2)30-18-16(15)17(22)23-14(24-18)8-29-19(26)11-6-4-5-7-12(11)31-9-13(21)25/h4-7H,3,8-9H2,1-2H3,(H2,21,25)(H2,22,23,24). The van der Waals surface area contributed by atoms with Crippen molar-refractivity contribution in [1.29, 1.82) is 0 Å². The molecular weight excluding hydrogens is 424 g/mol. The highest BCUT2D eigenvalue weighted by Crippen LogP contribution is 2.29. The number of primary amides is 1. The first-order valence-corrected chi connectivity index (χ1v) is 10.2. The number of carbonyl (C=O) groups is 3. The van der Waals surface area contributed by atoms with Crippen LogP contribution in [-0.4, -0.2) is 40.2 Å². The molecule has 0 aliphatic carbocycles. The molecule has 0 bridgehead atoms. The van der Waals surface area contributed by atoms with E-state index in [9.17, 15) is 14.4 Å². The second-order valence-electron chi connectivity index (χ2n) is 6.29. The van der Waals surface area contributed by atoms with Gasteiger partial charge in [0, 0.05) is 4.90 Å². The third-order valence-electron chi connectivity index (χ3n) is 4.09. The molecule has 0 radical (unpaired) electrons. The first-order chi connectivity index (χ1) is 14.8. The van der Waals surface area contributed by atoms with Crippen LogP contribution < -0.4 is 11.5 Å². The minimum Gasteiger partial charge on any atom is -0.462 e. The monoisotopic (exact) mass is 444 g/mol. The summed E-state index contributed by atoms with van der Waals surface area (Å²) in [5.74, 6) is -1.28. The van der Waals surface area contributed by atoms with Gasteiger partial charge < -0.3 is 25.4 Å². The van der Waals surface area contributed by atoms with Crippen molar-refractivity contribution in [2.24, 2.45) is 5.73 Å². The lowest BCUT2D eigenvalue weighted by molar-refractivity contribution is -0.115. The highest BCUT2D eigenvalue weighted by Gasteiger charge is 2.24. The SMILES string of the molecule is CCOC(=O)c1c(C)oc2nc(COC(=O)c3ccccc3SCC(N)=O)nc(N)c12. The van der Waals surface area contributed by atoms with Crippen LogP contribution in [0.4, 0.5) is 5.82 Å². The van der Waals surface area contributed by atoms with Crippen LogP contribution >= 0.6 is 11.8 Å². The Morgan fingerprint density at radius 1 is 1.13 bits per heavy atom. The largest absolute Gasteiger partial charge is 0.462 e. The van der Waals surface area contributed by atoms with Crippen molar-refractivity contribution in [3.05, 3.63) is 47.0 Å². The Kier molecular flexibility index (Phi) is 6.75. The third kappa shape index (κ3) is 4.94. The molecule has 0 aliphatic rings. The number of esters is 2. The fourth-order valence-corrected chi connectivity index (χ4v) is 3.59. The molecule has 31 heavy (non-hydrogen) atoms. The van der Waals surface area contributed by atoms with Crippen molar-refractivity contribution < 1.29 is 28.3 Å². The van der Waals surface area contributed by atoms with E-state index in [4.69, 9.17) is 25.4 Å². The zero-order valence-corrected chi connectivity index (χ0v) is 17.7. The molecule has 0 atom stereocenters. The maximum Gasteiger partial charge on any atom is 0.342 e. The van der Waals surface area contributed by atoms with Gasteiger partial charge in [0.15, 0.2) is 12.4 Å². The Hall–Kier alpha value is -3.60.